The Morgan fingerprint density at radius 2 is 1.93 bits per heavy atom. The number of carboxylic acids is 1. The van der Waals surface area contributed by atoms with Crippen molar-refractivity contribution in [2.75, 3.05) is 18.9 Å². The van der Waals surface area contributed by atoms with Crippen molar-refractivity contribution in [2.24, 2.45) is 0 Å². The first-order chi connectivity index (χ1) is 14.1. The summed E-state index contributed by atoms with van der Waals surface area (Å²) in [6.07, 6.45) is 0.0842. The van der Waals surface area contributed by atoms with Crippen LogP contribution in [-0.4, -0.2) is 59.1 Å². The lowest BCUT2D eigenvalue weighted by atomic mass is 10.0. The Hall–Kier alpha value is -2.26. The summed E-state index contributed by atoms with van der Waals surface area (Å²) < 4.78 is 31.4. The average Bonchev–Trinajstić information content (AvgIpc) is 2.69. The van der Waals surface area contributed by atoms with Crippen molar-refractivity contribution in [3.63, 3.8) is 0 Å². The van der Waals surface area contributed by atoms with E-state index in [-0.39, 0.29) is 24.5 Å². The summed E-state index contributed by atoms with van der Waals surface area (Å²) in [5.74, 6) is 4.14. The number of hydroxylamine groups is 1. The van der Waals surface area contributed by atoms with Gasteiger partial charge in [-0.05, 0) is 38.1 Å². The largest absolute Gasteiger partial charge is 0.493 e. The number of rotatable bonds is 7. The van der Waals surface area contributed by atoms with Gasteiger partial charge < -0.3 is 9.84 Å². The molecule has 1 aliphatic heterocycles. The predicted octanol–water partition coefficient (Wildman–Crippen LogP) is 1.02. The van der Waals surface area contributed by atoms with Gasteiger partial charge in [0.15, 0.2) is 0 Å². The van der Waals surface area contributed by atoms with Gasteiger partial charge >= 0.3 is 5.97 Å². The van der Waals surface area contributed by atoms with Crippen LogP contribution in [0.2, 0.25) is 0 Å². The van der Waals surface area contributed by atoms with E-state index in [2.05, 4.69) is 17.2 Å². The van der Waals surface area contributed by atoms with E-state index in [0.29, 0.717) is 17.9 Å². The van der Waals surface area contributed by atoms with Gasteiger partial charge in [-0.1, -0.05) is 11.8 Å². The van der Waals surface area contributed by atoms with Gasteiger partial charge in [-0.3, -0.25) is 20.1 Å². The van der Waals surface area contributed by atoms with Crippen molar-refractivity contribution in [3.8, 4) is 17.6 Å². The number of aliphatic carboxylic acids is 1. The van der Waals surface area contributed by atoms with E-state index in [9.17, 15) is 23.2 Å². The quantitative estimate of drug-likeness (QED) is 0.205. The van der Waals surface area contributed by atoms with Gasteiger partial charge in [0.2, 0.25) is 14.7 Å². The van der Waals surface area contributed by atoms with Gasteiger partial charge in [0.1, 0.15) is 12.2 Å². The highest BCUT2D eigenvalue weighted by molar-refractivity contribution is 8.02. The molecule has 1 aliphatic rings. The molecule has 1 aromatic rings. The molecule has 9 nitrogen and oxygen atoms in total. The molecule has 1 aromatic carbocycles. The number of carbonyl (C=O) groups is 2. The molecule has 0 bridgehead atoms. The van der Waals surface area contributed by atoms with Gasteiger partial charge in [0.25, 0.3) is 5.91 Å². The van der Waals surface area contributed by atoms with Crippen LogP contribution in [-0.2, 0) is 19.4 Å². The first kappa shape index (κ1) is 24.0. The molecule has 0 spiro atoms. The van der Waals surface area contributed by atoms with Crippen molar-refractivity contribution in [2.45, 2.75) is 41.2 Å². The Bertz CT molecular complexity index is 949. The van der Waals surface area contributed by atoms with Crippen LogP contribution in [0, 0.1) is 11.8 Å². The maximum atomic E-state index is 13.5. The number of carbonyl (C=O) groups excluding carboxylic acids is 1. The highest BCUT2D eigenvalue weighted by atomic mass is 32.2. The van der Waals surface area contributed by atoms with E-state index >= 15 is 0 Å². The highest BCUT2D eigenvalue weighted by Crippen LogP contribution is 2.44. The Morgan fingerprint density at radius 3 is 2.50 bits per heavy atom. The maximum absolute atomic E-state index is 13.5. The number of nitrogens with one attached hydrogen (secondary N) is 2. The predicted molar refractivity (Wildman–Crippen MR) is 111 cm³/mol. The summed E-state index contributed by atoms with van der Waals surface area (Å²) in [7, 11) is -4.24. The van der Waals surface area contributed by atoms with Crippen LogP contribution in [0.1, 0.15) is 26.7 Å². The third-order valence-electron chi connectivity index (χ3n) is 4.61. The van der Waals surface area contributed by atoms with E-state index in [1.165, 1.54) is 41.5 Å². The van der Waals surface area contributed by atoms with Crippen LogP contribution >= 0.6 is 11.8 Å². The standard InChI is InChI=1S/C19H24N2O7S2/c1-18(2)19(17(24)21-25,20-11-13-29-18)30(26,27)15-9-7-14(8-10-15)28-12-5-3-4-6-16(22)23/h7-10,20,25H,5-6,11-13H2,1-2H3,(H,21,24)(H,22,23)/t19-/m0/s1. The minimum Gasteiger partial charge on any atom is -0.493 e. The molecule has 164 valence electrons. The zero-order chi connectivity index (χ0) is 22.4. The smallest absolute Gasteiger partial charge is 0.315 e. The lowest BCUT2D eigenvalue weighted by molar-refractivity contribution is -0.136. The lowest BCUT2D eigenvalue weighted by Crippen LogP contribution is -2.73. The molecule has 0 aromatic heterocycles. The zero-order valence-corrected chi connectivity index (χ0v) is 18.2. The van der Waals surface area contributed by atoms with E-state index in [4.69, 9.17) is 9.84 Å². The number of amides is 1. The summed E-state index contributed by atoms with van der Waals surface area (Å²) in [4.78, 5) is 20.8. The third-order valence-corrected chi connectivity index (χ3v) is 8.71. The normalized spacial score (nSPS) is 20.5. The molecule has 0 saturated carbocycles. The SMILES string of the molecule is CC1(C)SCCN[C@@]1(C(=O)NO)S(=O)(=O)c1ccc(OCCC#CCC(=O)O)cc1. The molecule has 2 rings (SSSR count). The van der Waals surface area contributed by atoms with Crippen LogP contribution in [0.25, 0.3) is 0 Å². The van der Waals surface area contributed by atoms with Gasteiger partial charge in [-0.15, -0.1) is 0 Å². The minimum atomic E-state index is -4.24. The van der Waals surface area contributed by atoms with Crippen molar-refractivity contribution >= 4 is 33.5 Å². The monoisotopic (exact) mass is 456 g/mol. The first-order valence-electron chi connectivity index (χ1n) is 9.07. The number of hydrogen-bond acceptors (Lipinski definition) is 8. The Kier molecular flexibility index (Phi) is 7.76. The fraction of sp³-hybridized carbons (Fsp3) is 0.474. The van der Waals surface area contributed by atoms with Crippen molar-refractivity contribution in [1.82, 2.24) is 10.8 Å². The lowest BCUT2D eigenvalue weighted by Gasteiger charge is -2.47. The first-order valence-corrected chi connectivity index (χ1v) is 11.5. The highest BCUT2D eigenvalue weighted by Gasteiger charge is 2.62. The second-order valence-electron chi connectivity index (χ2n) is 6.91. The van der Waals surface area contributed by atoms with Gasteiger partial charge in [0, 0.05) is 18.7 Å². The van der Waals surface area contributed by atoms with Crippen molar-refractivity contribution < 1.29 is 33.1 Å². The van der Waals surface area contributed by atoms with E-state index < -0.39 is 31.3 Å². The van der Waals surface area contributed by atoms with Gasteiger partial charge in [0.05, 0.1) is 16.2 Å². The molecule has 4 N–H and O–H groups in total. The number of benzene rings is 1. The number of carboxylic acid groups (broad SMARTS) is 1. The summed E-state index contributed by atoms with van der Waals surface area (Å²) in [5, 5.41) is 20.6. The molecular formula is C19H24N2O7S2. The van der Waals surface area contributed by atoms with E-state index in [1.54, 1.807) is 13.8 Å². The fourth-order valence-corrected chi connectivity index (χ4v) is 6.82. The molecule has 30 heavy (non-hydrogen) atoms. The fourth-order valence-electron chi connectivity index (χ4n) is 3.16. The molecule has 0 aliphatic carbocycles. The van der Waals surface area contributed by atoms with Crippen molar-refractivity contribution in [3.05, 3.63) is 24.3 Å². The molecule has 11 heteroatoms. The molecule has 1 saturated heterocycles. The maximum Gasteiger partial charge on any atom is 0.315 e. The summed E-state index contributed by atoms with van der Waals surface area (Å²) in [5.41, 5.74) is 1.50. The summed E-state index contributed by atoms with van der Waals surface area (Å²) >= 11 is 1.33. The minimum absolute atomic E-state index is 0.0947. The van der Waals surface area contributed by atoms with Crippen LogP contribution < -0.4 is 15.5 Å². The van der Waals surface area contributed by atoms with Crippen molar-refractivity contribution in [1.29, 1.82) is 0 Å². The Labute approximate surface area is 179 Å². The van der Waals surface area contributed by atoms with E-state index in [0.717, 1.165) is 0 Å². The average molecular weight is 457 g/mol. The van der Waals surface area contributed by atoms with Gasteiger partial charge in [-0.2, -0.15) is 11.8 Å². The molecule has 0 unspecified atom stereocenters. The number of ether oxygens (including phenoxy) is 1. The Balaban J connectivity index is 2.21. The Morgan fingerprint density at radius 1 is 1.27 bits per heavy atom. The van der Waals surface area contributed by atoms with Crippen LogP contribution in [0.3, 0.4) is 0 Å². The number of hydrogen-bond donors (Lipinski definition) is 4. The molecule has 1 atom stereocenters. The molecule has 1 fully saturated rings. The summed E-state index contributed by atoms with van der Waals surface area (Å²) in [6, 6.07) is 5.60. The third kappa shape index (κ3) is 4.73. The molecule has 1 heterocycles. The van der Waals surface area contributed by atoms with Crippen LogP contribution in [0.5, 0.6) is 5.75 Å². The second-order valence-corrected chi connectivity index (χ2v) is 10.7. The zero-order valence-electron chi connectivity index (χ0n) is 16.6. The number of sulfone groups is 1. The van der Waals surface area contributed by atoms with Crippen LogP contribution in [0.4, 0.5) is 0 Å². The second kappa shape index (κ2) is 9.70. The molecule has 0 radical (unpaired) electrons. The van der Waals surface area contributed by atoms with Crippen LogP contribution in [0.15, 0.2) is 29.2 Å². The molecular weight excluding hydrogens is 432 g/mol. The summed E-state index contributed by atoms with van der Waals surface area (Å²) in [6.45, 7) is 3.77. The molecule has 1 amide bonds. The van der Waals surface area contributed by atoms with Gasteiger partial charge in [-0.25, -0.2) is 13.9 Å². The topological polar surface area (TPSA) is 142 Å². The van der Waals surface area contributed by atoms with E-state index in [1.807, 2.05) is 0 Å². The number of thioether (sulfide) groups is 1.